The minimum Gasteiger partial charge on any atom is -0.480 e. The van der Waals surface area contributed by atoms with Crippen LogP contribution < -0.4 is 0 Å². The molecule has 3 N–H and O–H groups in total. The molecule has 10 heteroatoms. The van der Waals surface area contributed by atoms with Crippen LogP contribution in [0.1, 0.15) is 53.9 Å². The van der Waals surface area contributed by atoms with Crippen LogP contribution in [0.15, 0.2) is 0 Å². The summed E-state index contributed by atoms with van der Waals surface area (Å²) in [6.07, 6.45) is 1.52. The second kappa shape index (κ2) is 12.9. The van der Waals surface area contributed by atoms with Crippen molar-refractivity contribution in [2.24, 2.45) is 5.92 Å². The molecular weight excluding hydrogens is 418 g/mol. The fourth-order valence-corrected chi connectivity index (χ4v) is 4.02. The molecule has 1 heterocycles. The van der Waals surface area contributed by atoms with Crippen LogP contribution in [0, 0.1) is 5.92 Å². The summed E-state index contributed by atoms with van der Waals surface area (Å²) in [5, 5.41) is 28.7. The summed E-state index contributed by atoms with van der Waals surface area (Å²) in [6, 6.07) is -2.69. The van der Waals surface area contributed by atoms with Gasteiger partial charge in [-0.1, -0.05) is 13.8 Å². The summed E-state index contributed by atoms with van der Waals surface area (Å²) < 4.78 is 0. The van der Waals surface area contributed by atoms with Crippen LogP contribution in [-0.2, 0) is 19.2 Å². The Balaban J connectivity index is 3.22. The van der Waals surface area contributed by atoms with Gasteiger partial charge in [-0.15, -0.1) is 0 Å². The molecule has 1 saturated heterocycles. The standard InChI is InChI=1S/C22H39N3O7/c1-14(2)19(26)8-6-7-18-13-24(16(4)21(29)30)10-9-23(15(3)20(27)28)11-12-25(18)17(5)22(31)32/h14-18H,6-13H2,1-5H3,(H,27,28)(H,29,30)(H,31,32). The lowest BCUT2D eigenvalue weighted by Gasteiger charge is -2.38. The van der Waals surface area contributed by atoms with Crippen molar-refractivity contribution in [1.82, 2.24) is 14.7 Å². The van der Waals surface area contributed by atoms with Crippen molar-refractivity contribution < 1.29 is 34.5 Å². The van der Waals surface area contributed by atoms with Crippen molar-refractivity contribution in [1.29, 1.82) is 0 Å². The Morgan fingerprint density at radius 1 is 0.750 bits per heavy atom. The summed E-state index contributed by atoms with van der Waals surface area (Å²) in [6.45, 7) is 10.1. The molecule has 184 valence electrons. The summed E-state index contributed by atoms with van der Waals surface area (Å²) in [5.74, 6) is -2.90. The molecule has 0 aliphatic carbocycles. The van der Waals surface area contributed by atoms with E-state index in [-0.39, 0.29) is 17.7 Å². The van der Waals surface area contributed by atoms with Gasteiger partial charge >= 0.3 is 17.9 Å². The van der Waals surface area contributed by atoms with E-state index >= 15 is 0 Å². The molecule has 32 heavy (non-hydrogen) atoms. The first-order chi connectivity index (χ1) is 14.9. The predicted octanol–water partition coefficient (Wildman–Crippen LogP) is 1.09. The van der Waals surface area contributed by atoms with Crippen molar-refractivity contribution in [2.75, 3.05) is 32.7 Å². The second-order valence-electron chi connectivity index (χ2n) is 8.98. The molecule has 1 aliphatic heterocycles. The Bertz CT molecular complexity index is 670. The SMILES string of the molecule is CC(C)C(=O)CCCC1CN(C(C)C(=O)O)CCN(C(C)C(=O)O)CCN1C(C)C(=O)O. The van der Waals surface area contributed by atoms with Gasteiger partial charge in [-0.05, 0) is 33.6 Å². The van der Waals surface area contributed by atoms with Gasteiger partial charge in [0.25, 0.3) is 0 Å². The van der Waals surface area contributed by atoms with Crippen molar-refractivity contribution >= 4 is 23.7 Å². The van der Waals surface area contributed by atoms with E-state index in [1.54, 1.807) is 30.6 Å². The number of carbonyl (C=O) groups excluding carboxylic acids is 1. The Morgan fingerprint density at radius 3 is 1.72 bits per heavy atom. The number of carboxylic acids is 3. The maximum Gasteiger partial charge on any atom is 0.320 e. The Morgan fingerprint density at radius 2 is 1.22 bits per heavy atom. The number of hydrogen-bond donors (Lipinski definition) is 3. The van der Waals surface area contributed by atoms with E-state index in [9.17, 15) is 34.5 Å². The van der Waals surface area contributed by atoms with E-state index in [0.29, 0.717) is 52.0 Å². The van der Waals surface area contributed by atoms with Crippen LogP contribution in [0.5, 0.6) is 0 Å². The summed E-state index contributed by atoms with van der Waals surface area (Å²) in [4.78, 5) is 52.5. The Labute approximate surface area is 190 Å². The third kappa shape index (κ3) is 8.14. The molecular formula is C22H39N3O7. The monoisotopic (exact) mass is 457 g/mol. The van der Waals surface area contributed by atoms with Gasteiger partial charge in [-0.25, -0.2) is 0 Å². The molecule has 1 aliphatic rings. The first-order valence-electron chi connectivity index (χ1n) is 11.3. The van der Waals surface area contributed by atoms with Gasteiger partial charge in [0.15, 0.2) is 0 Å². The van der Waals surface area contributed by atoms with E-state index < -0.39 is 36.0 Å². The highest BCUT2D eigenvalue weighted by Gasteiger charge is 2.34. The first kappa shape index (κ1) is 28.0. The molecule has 0 amide bonds. The largest absolute Gasteiger partial charge is 0.480 e. The Kier molecular flexibility index (Phi) is 11.2. The number of carboxylic acid groups (broad SMARTS) is 3. The zero-order valence-corrected chi connectivity index (χ0v) is 19.9. The zero-order valence-electron chi connectivity index (χ0n) is 19.9. The highest BCUT2D eigenvalue weighted by atomic mass is 16.4. The van der Waals surface area contributed by atoms with Crippen molar-refractivity contribution in [2.45, 2.75) is 78.0 Å². The third-order valence-electron chi connectivity index (χ3n) is 6.50. The van der Waals surface area contributed by atoms with Crippen molar-refractivity contribution in [3.63, 3.8) is 0 Å². The Hall–Kier alpha value is -2.04. The molecule has 4 unspecified atom stereocenters. The lowest BCUT2D eigenvalue weighted by Crippen LogP contribution is -2.53. The van der Waals surface area contributed by atoms with Crippen LogP contribution in [0.3, 0.4) is 0 Å². The van der Waals surface area contributed by atoms with Crippen LogP contribution in [-0.4, -0.2) is 111 Å². The predicted molar refractivity (Wildman–Crippen MR) is 119 cm³/mol. The molecule has 0 aromatic heterocycles. The molecule has 0 aromatic rings. The van der Waals surface area contributed by atoms with Crippen LogP contribution >= 0.6 is 0 Å². The lowest BCUT2D eigenvalue weighted by atomic mass is 9.99. The summed E-state index contributed by atoms with van der Waals surface area (Å²) >= 11 is 0. The third-order valence-corrected chi connectivity index (χ3v) is 6.50. The lowest BCUT2D eigenvalue weighted by molar-refractivity contribution is -0.146. The fraction of sp³-hybridized carbons (Fsp3) is 0.818. The van der Waals surface area contributed by atoms with E-state index in [4.69, 9.17) is 0 Å². The average molecular weight is 458 g/mol. The van der Waals surface area contributed by atoms with Gasteiger partial charge in [0, 0.05) is 51.1 Å². The van der Waals surface area contributed by atoms with Crippen LogP contribution in [0.4, 0.5) is 0 Å². The normalized spacial score (nSPS) is 22.4. The van der Waals surface area contributed by atoms with Gasteiger partial charge in [-0.2, -0.15) is 0 Å². The average Bonchev–Trinajstić information content (AvgIpc) is 2.80. The van der Waals surface area contributed by atoms with Crippen molar-refractivity contribution in [3.05, 3.63) is 0 Å². The molecule has 0 radical (unpaired) electrons. The van der Waals surface area contributed by atoms with Gasteiger partial charge in [-0.3, -0.25) is 33.9 Å². The number of rotatable bonds is 11. The topological polar surface area (TPSA) is 139 Å². The van der Waals surface area contributed by atoms with Crippen LogP contribution in [0.2, 0.25) is 0 Å². The number of nitrogens with zero attached hydrogens (tertiary/aromatic N) is 3. The van der Waals surface area contributed by atoms with Gasteiger partial charge in [0.2, 0.25) is 0 Å². The molecule has 1 rings (SSSR count). The van der Waals surface area contributed by atoms with Gasteiger partial charge in [0.05, 0.1) is 0 Å². The molecule has 0 spiro atoms. The van der Waals surface area contributed by atoms with E-state index in [2.05, 4.69) is 0 Å². The second-order valence-corrected chi connectivity index (χ2v) is 8.98. The van der Waals surface area contributed by atoms with Crippen molar-refractivity contribution in [3.8, 4) is 0 Å². The van der Waals surface area contributed by atoms with Crippen LogP contribution in [0.25, 0.3) is 0 Å². The smallest absolute Gasteiger partial charge is 0.320 e. The van der Waals surface area contributed by atoms with E-state index in [1.807, 2.05) is 18.7 Å². The summed E-state index contributed by atoms with van der Waals surface area (Å²) in [5.41, 5.74) is 0. The maximum absolute atomic E-state index is 12.1. The first-order valence-corrected chi connectivity index (χ1v) is 11.3. The molecule has 0 saturated carbocycles. The summed E-state index contributed by atoms with van der Waals surface area (Å²) in [7, 11) is 0. The molecule has 4 atom stereocenters. The number of Topliss-reactive ketones (excluding diaryl/α,β-unsaturated/α-hetero) is 1. The molecule has 10 nitrogen and oxygen atoms in total. The quantitative estimate of drug-likeness (QED) is 0.413. The fourth-order valence-electron chi connectivity index (χ4n) is 4.02. The highest BCUT2D eigenvalue weighted by Crippen LogP contribution is 2.19. The minimum atomic E-state index is -0.997. The number of aliphatic carboxylic acids is 3. The molecule has 1 fully saturated rings. The number of carbonyl (C=O) groups is 4. The van der Waals surface area contributed by atoms with E-state index in [1.165, 1.54) is 0 Å². The number of hydrogen-bond acceptors (Lipinski definition) is 7. The highest BCUT2D eigenvalue weighted by molar-refractivity contribution is 5.80. The zero-order chi connectivity index (χ0) is 24.6. The maximum atomic E-state index is 12.1. The molecule has 0 aromatic carbocycles. The minimum absolute atomic E-state index is 0.0702. The van der Waals surface area contributed by atoms with Gasteiger partial charge < -0.3 is 15.3 Å². The molecule has 0 bridgehead atoms. The van der Waals surface area contributed by atoms with E-state index in [0.717, 1.165) is 0 Å². The van der Waals surface area contributed by atoms with Gasteiger partial charge in [0.1, 0.15) is 23.9 Å². The number of ketones is 1.